The van der Waals surface area contributed by atoms with E-state index in [9.17, 15) is 0 Å². The lowest BCUT2D eigenvalue weighted by atomic mass is 9.94. The molecule has 0 saturated carbocycles. The molecule has 3 aromatic rings. The standard InChI is InChI=1S/C24H26N4O/c1-14-8-15(2)10-19(9-14)20-11-18(12-21(13-20)29-5)16(3)6-7-22-17(4)27-24(26)28-23(22)25/h8-13,16H,1-5H3,(H4,25,26,27,28)/t16-/m0/s1. The molecule has 1 atom stereocenters. The van der Waals surface area contributed by atoms with Gasteiger partial charge in [-0.1, -0.05) is 41.2 Å². The van der Waals surface area contributed by atoms with Crippen LogP contribution in [0.5, 0.6) is 5.75 Å². The molecule has 0 saturated heterocycles. The van der Waals surface area contributed by atoms with Gasteiger partial charge in [-0.2, -0.15) is 4.98 Å². The van der Waals surface area contributed by atoms with Crippen molar-refractivity contribution >= 4 is 11.8 Å². The fourth-order valence-corrected chi connectivity index (χ4v) is 3.33. The average molecular weight is 386 g/mol. The molecule has 5 heteroatoms. The van der Waals surface area contributed by atoms with Gasteiger partial charge in [-0.3, -0.25) is 0 Å². The normalized spacial score (nSPS) is 11.5. The number of nitrogens with two attached hydrogens (primary N) is 2. The van der Waals surface area contributed by atoms with Gasteiger partial charge in [0.2, 0.25) is 5.95 Å². The summed E-state index contributed by atoms with van der Waals surface area (Å²) in [5.74, 6) is 7.61. The summed E-state index contributed by atoms with van der Waals surface area (Å²) in [5, 5.41) is 0. The molecule has 0 amide bonds. The van der Waals surface area contributed by atoms with Crippen molar-refractivity contribution in [1.29, 1.82) is 0 Å². The monoisotopic (exact) mass is 386 g/mol. The lowest BCUT2D eigenvalue weighted by Gasteiger charge is -2.13. The van der Waals surface area contributed by atoms with Gasteiger partial charge in [0.05, 0.1) is 18.4 Å². The molecule has 0 fully saturated rings. The van der Waals surface area contributed by atoms with E-state index in [4.69, 9.17) is 16.2 Å². The van der Waals surface area contributed by atoms with E-state index in [2.05, 4.69) is 66.8 Å². The van der Waals surface area contributed by atoms with E-state index in [1.54, 1.807) is 7.11 Å². The van der Waals surface area contributed by atoms with Gasteiger partial charge in [-0.05, 0) is 62.6 Å². The van der Waals surface area contributed by atoms with Crippen LogP contribution in [0.4, 0.5) is 11.8 Å². The molecule has 0 aliphatic heterocycles. The maximum absolute atomic E-state index is 5.97. The quantitative estimate of drug-likeness (QED) is 0.652. The molecule has 4 N–H and O–H groups in total. The molecular weight excluding hydrogens is 360 g/mol. The maximum atomic E-state index is 5.97. The van der Waals surface area contributed by atoms with E-state index in [0.29, 0.717) is 17.1 Å². The van der Waals surface area contributed by atoms with Gasteiger partial charge < -0.3 is 16.2 Å². The van der Waals surface area contributed by atoms with E-state index >= 15 is 0 Å². The van der Waals surface area contributed by atoms with Crippen LogP contribution in [0, 0.1) is 32.6 Å². The predicted molar refractivity (Wildman–Crippen MR) is 119 cm³/mol. The zero-order valence-corrected chi connectivity index (χ0v) is 17.5. The second-order valence-electron chi connectivity index (χ2n) is 7.29. The molecule has 1 heterocycles. The number of nitrogens with zero attached hydrogens (tertiary/aromatic N) is 2. The van der Waals surface area contributed by atoms with Gasteiger partial charge in [-0.25, -0.2) is 4.98 Å². The highest BCUT2D eigenvalue weighted by molar-refractivity contribution is 5.68. The summed E-state index contributed by atoms with van der Waals surface area (Å²) in [6, 6.07) is 12.7. The van der Waals surface area contributed by atoms with Gasteiger partial charge in [0.1, 0.15) is 11.6 Å². The zero-order chi connectivity index (χ0) is 21.1. The van der Waals surface area contributed by atoms with Gasteiger partial charge in [0.25, 0.3) is 0 Å². The number of aryl methyl sites for hydroxylation is 3. The van der Waals surface area contributed by atoms with Crippen molar-refractivity contribution in [3.8, 4) is 28.7 Å². The van der Waals surface area contributed by atoms with Crippen LogP contribution < -0.4 is 16.2 Å². The molecule has 5 nitrogen and oxygen atoms in total. The third-order valence-corrected chi connectivity index (χ3v) is 4.77. The Hall–Kier alpha value is -3.52. The Morgan fingerprint density at radius 3 is 2.17 bits per heavy atom. The van der Waals surface area contributed by atoms with Crippen molar-refractivity contribution in [2.24, 2.45) is 0 Å². The highest BCUT2D eigenvalue weighted by Crippen LogP contribution is 2.30. The molecule has 0 spiro atoms. The largest absolute Gasteiger partial charge is 0.497 e. The Kier molecular flexibility index (Phi) is 5.74. The predicted octanol–water partition coefficient (Wildman–Crippen LogP) is 4.40. The minimum atomic E-state index is -0.0360. The van der Waals surface area contributed by atoms with Crippen LogP contribution in [0.3, 0.4) is 0 Å². The fraction of sp³-hybridized carbons (Fsp3) is 0.250. The third kappa shape index (κ3) is 4.67. The van der Waals surface area contributed by atoms with Gasteiger partial charge in [-0.15, -0.1) is 0 Å². The number of benzene rings is 2. The van der Waals surface area contributed by atoms with Crippen LogP contribution in [-0.4, -0.2) is 17.1 Å². The third-order valence-electron chi connectivity index (χ3n) is 4.77. The molecule has 148 valence electrons. The zero-order valence-electron chi connectivity index (χ0n) is 17.5. The summed E-state index contributed by atoms with van der Waals surface area (Å²) in [5.41, 5.74) is 18.7. The lowest BCUT2D eigenvalue weighted by Crippen LogP contribution is -2.05. The molecule has 2 aromatic carbocycles. The van der Waals surface area contributed by atoms with Gasteiger partial charge in [0, 0.05) is 5.92 Å². The SMILES string of the molecule is COc1cc(-c2cc(C)cc(C)c2)cc([C@@H](C)C#Cc2c(C)nc(N)nc2N)c1. The minimum absolute atomic E-state index is 0.0360. The number of aromatic nitrogens is 2. The number of anilines is 2. The summed E-state index contributed by atoms with van der Waals surface area (Å²) in [6.07, 6.45) is 0. The first kappa shape index (κ1) is 20.2. The summed E-state index contributed by atoms with van der Waals surface area (Å²) in [7, 11) is 1.68. The first-order chi connectivity index (χ1) is 13.8. The number of nitrogen functional groups attached to an aromatic ring is 2. The Labute approximate surface area is 172 Å². The molecule has 0 radical (unpaired) electrons. The molecule has 1 aromatic heterocycles. The summed E-state index contributed by atoms with van der Waals surface area (Å²) >= 11 is 0. The minimum Gasteiger partial charge on any atom is -0.497 e. The summed E-state index contributed by atoms with van der Waals surface area (Å²) < 4.78 is 5.54. The summed E-state index contributed by atoms with van der Waals surface area (Å²) in [4.78, 5) is 8.15. The maximum Gasteiger partial charge on any atom is 0.222 e. The molecular formula is C24H26N4O. The molecule has 0 bridgehead atoms. The molecule has 29 heavy (non-hydrogen) atoms. The number of hydrogen-bond donors (Lipinski definition) is 2. The van der Waals surface area contributed by atoms with E-state index in [-0.39, 0.29) is 11.9 Å². The van der Waals surface area contributed by atoms with Crippen molar-refractivity contribution in [2.75, 3.05) is 18.6 Å². The second-order valence-corrected chi connectivity index (χ2v) is 7.29. The topological polar surface area (TPSA) is 87.0 Å². The Balaban J connectivity index is 2.01. The van der Waals surface area contributed by atoms with Crippen molar-refractivity contribution < 1.29 is 4.74 Å². The van der Waals surface area contributed by atoms with Crippen molar-refractivity contribution in [1.82, 2.24) is 9.97 Å². The lowest BCUT2D eigenvalue weighted by molar-refractivity contribution is 0.414. The van der Waals surface area contributed by atoms with Gasteiger partial charge >= 0.3 is 0 Å². The van der Waals surface area contributed by atoms with Crippen molar-refractivity contribution in [2.45, 2.75) is 33.6 Å². The fourth-order valence-electron chi connectivity index (χ4n) is 3.33. The highest BCUT2D eigenvalue weighted by Gasteiger charge is 2.10. The van der Waals surface area contributed by atoms with E-state index in [1.807, 2.05) is 19.1 Å². The van der Waals surface area contributed by atoms with E-state index in [0.717, 1.165) is 22.4 Å². The first-order valence-corrected chi connectivity index (χ1v) is 9.45. The number of rotatable bonds is 3. The smallest absolute Gasteiger partial charge is 0.222 e. The van der Waals surface area contributed by atoms with Crippen LogP contribution in [0.25, 0.3) is 11.1 Å². The van der Waals surface area contributed by atoms with Crippen molar-refractivity contribution in [3.05, 3.63) is 64.3 Å². The number of hydrogen-bond acceptors (Lipinski definition) is 5. The molecule has 3 rings (SSSR count). The number of ether oxygens (including phenoxy) is 1. The Morgan fingerprint density at radius 2 is 1.55 bits per heavy atom. The molecule has 0 aliphatic carbocycles. The molecule has 0 unspecified atom stereocenters. The Morgan fingerprint density at radius 1 is 0.897 bits per heavy atom. The van der Waals surface area contributed by atoms with Crippen LogP contribution in [0.1, 0.15) is 40.8 Å². The first-order valence-electron chi connectivity index (χ1n) is 9.45. The number of methoxy groups -OCH3 is 1. The highest BCUT2D eigenvalue weighted by atomic mass is 16.5. The van der Waals surface area contributed by atoms with Crippen molar-refractivity contribution in [3.63, 3.8) is 0 Å². The summed E-state index contributed by atoms with van der Waals surface area (Å²) in [6.45, 7) is 8.09. The second kappa shape index (κ2) is 8.24. The van der Waals surface area contributed by atoms with Crippen LogP contribution >= 0.6 is 0 Å². The average Bonchev–Trinajstić information content (AvgIpc) is 2.65. The Bertz CT molecular complexity index is 1080. The van der Waals surface area contributed by atoms with E-state index in [1.165, 1.54) is 11.1 Å². The van der Waals surface area contributed by atoms with Crippen LogP contribution in [0.2, 0.25) is 0 Å². The van der Waals surface area contributed by atoms with Crippen LogP contribution in [-0.2, 0) is 0 Å². The molecule has 0 aliphatic rings. The van der Waals surface area contributed by atoms with E-state index < -0.39 is 0 Å². The van der Waals surface area contributed by atoms with Gasteiger partial charge in [0.15, 0.2) is 0 Å². The van der Waals surface area contributed by atoms with Crippen LogP contribution in [0.15, 0.2) is 36.4 Å².